The fraction of sp³-hybridized carbons (Fsp3) is 0.111. The summed E-state index contributed by atoms with van der Waals surface area (Å²) in [7, 11) is 0. The van der Waals surface area contributed by atoms with Crippen LogP contribution < -0.4 is 9.47 Å². The molecule has 0 unspecified atom stereocenters. The number of hydrogen-bond donors (Lipinski definition) is 0. The van der Waals surface area contributed by atoms with Crippen LogP contribution >= 0.6 is 0 Å². The SMILES string of the molecule is N#CCOc1ccc(C(=O)/C=C/c2ccccc2OC(F)F)cc1. The van der Waals surface area contributed by atoms with Crippen LogP contribution in [0.25, 0.3) is 6.08 Å². The Hall–Kier alpha value is -3.20. The van der Waals surface area contributed by atoms with E-state index in [1.54, 1.807) is 42.5 Å². The van der Waals surface area contributed by atoms with Gasteiger partial charge >= 0.3 is 6.61 Å². The monoisotopic (exact) mass is 329 g/mol. The summed E-state index contributed by atoms with van der Waals surface area (Å²) in [5, 5.41) is 8.43. The van der Waals surface area contributed by atoms with Crippen molar-refractivity contribution in [2.45, 2.75) is 6.61 Å². The lowest BCUT2D eigenvalue weighted by Gasteiger charge is -2.07. The minimum absolute atomic E-state index is 0.00296. The van der Waals surface area contributed by atoms with E-state index in [0.29, 0.717) is 16.9 Å². The molecule has 0 aliphatic rings. The predicted octanol–water partition coefficient (Wildman–Crippen LogP) is 4.09. The number of carbonyl (C=O) groups excluding carboxylic acids is 1. The predicted molar refractivity (Wildman–Crippen MR) is 84.0 cm³/mol. The van der Waals surface area contributed by atoms with Gasteiger partial charge < -0.3 is 9.47 Å². The van der Waals surface area contributed by atoms with Gasteiger partial charge in [-0.2, -0.15) is 14.0 Å². The molecule has 2 rings (SSSR count). The fourth-order valence-corrected chi connectivity index (χ4v) is 1.91. The van der Waals surface area contributed by atoms with Crippen LogP contribution in [0.3, 0.4) is 0 Å². The molecule has 0 heterocycles. The Bertz CT molecular complexity index is 765. The number of para-hydroxylation sites is 1. The van der Waals surface area contributed by atoms with Crippen molar-refractivity contribution in [3.05, 3.63) is 65.7 Å². The highest BCUT2D eigenvalue weighted by atomic mass is 19.3. The number of halogens is 2. The fourth-order valence-electron chi connectivity index (χ4n) is 1.91. The molecule has 0 N–H and O–H groups in total. The number of ether oxygens (including phenoxy) is 2. The molecule has 6 heteroatoms. The zero-order valence-corrected chi connectivity index (χ0v) is 12.5. The first-order chi connectivity index (χ1) is 11.6. The summed E-state index contributed by atoms with van der Waals surface area (Å²) in [5.41, 5.74) is 0.781. The van der Waals surface area contributed by atoms with Crippen LogP contribution in [0.15, 0.2) is 54.6 Å². The topological polar surface area (TPSA) is 59.3 Å². The van der Waals surface area contributed by atoms with Crippen molar-refractivity contribution < 1.29 is 23.0 Å². The van der Waals surface area contributed by atoms with Gasteiger partial charge in [0.15, 0.2) is 12.4 Å². The molecule has 0 aromatic heterocycles. The second-order valence-electron chi connectivity index (χ2n) is 4.59. The van der Waals surface area contributed by atoms with E-state index < -0.39 is 6.61 Å². The van der Waals surface area contributed by atoms with Crippen LogP contribution in [0.5, 0.6) is 11.5 Å². The molecule has 0 fully saturated rings. The molecule has 0 amide bonds. The quantitative estimate of drug-likeness (QED) is 0.567. The third-order valence-corrected chi connectivity index (χ3v) is 2.99. The Morgan fingerprint density at radius 1 is 1.17 bits per heavy atom. The van der Waals surface area contributed by atoms with Gasteiger partial charge in [0.05, 0.1) is 0 Å². The van der Waals surface area contributed by atoms with Crippen LogP contribution in [0.4, 0.5) is 8.78 Å². The maximum Gasteiger partial charge on any atom is 0.387 e. The lowest BCUT2D eigenvalue weighted by molar-refractivity contribution is -0.0499. The van der Waals surface area contributed by atoms with Gasteiger partial charge in [0.25, 0.3) is 0 Å². The van der Waals surface area contributed by atoms with Crippen molar-refractivity contribution in [1.29, 1.82) is 5.26 Å². The molecule has 122 valence electrons. The lowest BCUT2D eigenvalue weighted by Crippen LogP contribution is -2.03. The van der Waals surface area contributed by atoms with Crippen molar-refractivity contribution in [3.63, 3.8) is 0 Å². The normalized spacial score (nSPS) is 10.6. The Morgan fingerprint density at radius 2 is 1.88 bits per heavy atom. The molecule has 0 aliphatic carbocycles. The molecule has 0 bridgehead atoms. The molecule has 2 aromatic rings. The Labute approximate surface area is 137 Å². The smallest absolute Gasteiger partial charge is 0.387 e. The highest BCUT2D eigenvalue weighted by Gasteiger charge is 2.08. The molecule has 2 aromatic carbocycles. The van der Waals surface area contributed by atoms with Gasteiger partial charge in [0.1, 0.15) is 17.6 Å². The summed E-state index contributed by atoms with van der Waals surface area (Å²) in [4.78, 5) is 12.1. The van der Waals surface area contributed by atoms with Crippen molar-refractivity contribution in [3.8, 4) is 17.6 Å². The van der Waals surface area contributed by atoms with Crippen LogP contribution in [-0.4, -0.2) is 19.0 Å². The molecule has 4 nitrogen and oxygen atoms in total. The third-order valence-electron chi connectivity index (χ3n) is 2.99. The number of nitriles is 1. The number of hydrogen-bond acceptors (Lipinski definition) is 4. The average molecular weight is 329 g/mol. The van der Waals surface area contributed by atoms with Gasteiger partial charge in [-0.3, -0.25) is 4.79 Å². The van der Waals surface area contributed by atoms with Gasteiger partial charge in [-0.25, -0.2) is 0 Å². The van der Waals surface area contributed by atoms with Crippen LogP contribution in [0.2, 0.25) is 0 Å². The number of alkyl halides is 2. The van der Waals surface area contributed by atoms with E-state index in [0.717, 1.165) is 0 Å². The molecule has 0 aliphatic heterocycles. The molecule has 24 heavy (non-hydrogen) atoms. The molecule has 0 saturated carbocycles. The van der Waals surface area contributed by atoms with Crippen LogP contribution in [0.1, 0.15) is 15.9 Å². The third kappa shape index (κ3) is 4.92. The first-order valence-corrected chi connectivity index (χ1v) is 6.96. The summed E-state index contributed by atoms with van der Waals surface area (Å²) in [5.74, 6) is 0.179. The highest BCUT2D eigenvalue weighted by molar-refractivity contribution is 6.07. The van der Waals surface area contributed by atoms with E-state index in [2.05, 4.69) is 4.74 Å². The van der Waals surface area contributed by atoms with Gasteiger partial charge in [0, 0.05) is 11.1 Å². The van der Waals surface area contributed by atoms with Gasteiger partial charge in [-0.15, -0.1) is 0 Å². The van der Waals surface area contributed by atoms with E-state index in [1.165, 1.54) is 18.2 Å². The Balaban J connectivity index is 2.09. The van der Waals surface area contributed by atoms with E-state index in [1.807, 2.05) is 6.07 Å². The van der Waals surface area contributed by atoms with E-state index in [4.69, 9.17) is 10.00 Å². The summed E-state index contributed by atoms with van der Waals surface area (Å²) in [6.07, 6.45) is 2.69. The number of nitrogens with zero attached hydrogens (tertiary/aromatic N) is 1. The first kappa shape index (κ1) is 17.2. The number of carbonyl (C=O) groups is 1. The zero-order valence-electron chi connectivity index (χ0n) is 12.5. The maximum atomic E-state index is 12.3. The highest BCUT2D eigenvalue weighted by Crippen LogP contribution is 2.22. The standard InChI is InChI=1S/C18H13F2NO3/c19-18(20)24-17-4-2-1-3-14(17)7-10-16(22)13-5-8-15(9-6-13)23-12-11-21/h1-10,18H,12H2/b10-7+. The lowest BCUT2D eigenvalue weighted by atomic mass is 10.1. The number of allylic oxidation sites excluding steroid dienone is 1. The average Bonchev–Trinajstić information content (AvgIpc) is 2.59. The summed E-state index contributed by atoms with van der Waals surface area (Å²) < 4.78 is 34.2. The van der Waals surface area contributed by atoms with E-state index in [-0.39, 0.29) is 18.1 Å². The summed E-state index contributed by atoms with van der Waals surface area (Å²) >= 11 is 0. The van der Waals surface area contributed by atoms with Crippen molar-refractivity contribution in [1.82, 2.24) is 0 Å². The molecule has 0 atom stereocenters. The second-order valence-corrected chi connectivity index (χ2v) is 4.59. The molecular weight excluding hydrogens is 316 g/mol. The number of ketones is 1. The van der Waals surface area contributed by atoms with E-state index in [9.17, 15) is 13.6 Å². The van der Waals surface area contributed by atoms with Gasteiger partial charge in [-0.05, 0) is 42.5 Å². The Kier molecular flexibility index (Phi) is 6.03. The molecular formula is C18H13F2NO3. The Morgan fingerprint density at radius 3 is 2.54 bits per heavy atom. The summed E-state index contributed by atoms with van der Waals surface area (Å²) in [6.45, 7) is -3.01. The largest absolute Gasteiger partial charge is 0.479 e. The number of benzene rings is 2. The summed E-state index contributed by atoms with van der Waals surface area (Å²) in [6, 6.07) is 14.3. The minimum atomic E-state index is -2.93. The van der Waals surface area contributed by atoms with E-state index >= 15 is 0 Å². The number of rotatable bonds is 7. The van der Waals surface area contributed by atoms with Crippen molar-refractivity contribution >= 4 is 11.9 Å². The molecule has 0 saturated heterocycles. The van der Waals surface area contributed by atoms with Crippen molar-refractivity contribution in [2.24, 2.45) is 0 Å². The van der Waals surface area contributed by atoms with Crippen molar-refractivity contribution in [2.75, 3.05) is 6.61 Å². The molecule has 0 spiro atoms. The minimum Gasteiger partial charge on any atom is -0.479 e. The van der Waals surface area contributed by atoms with Crippen LogP contribution in [0, 0.1) is 11.3 Å². The van der Waals surface area contributed by atoms with Gasteiger partial charge in [0.2, 0.25) is 0 Å². The van der Waals surface area contributed by atoms with Gasteiger partial charge in [-0.1, -0.05) is 18.2 Å². The first-order valence-electron chi connectivity index (χ1n) is 6.96. The second kappa shape index (κ2) is 8.44. The zero-order chi connectivity index (χ0) is 17.4. The maximum absolute atomic E-state index is 12.3. The molecule has 0 radical (unpaired) electrons. The van der Waals surface area contributed by atoms with Crippen LogP contribution in [-0.2, 0) is 0 Å².